The molecule has 1 fully saturated rings. The Morgan fingerprint density at radius 2 is 2.09 bits per heavy atom. The van der Waals surface area contributed by atoms with Gasteiger partial charge in [0.15, 0.2) is 0 Å². The minimum Gasteiger partial charge on any atom is -0.337 e. The van der Waals surface area contributed by atoms with Gasteiger partial charge >= 0.3 is 0 Å². The quantitative estimate of drug-likeness (QED) is 0.875. The number of carbonyl (C=O) groups is 1. The van der Waals surface area contributed by atoms with Gasteiger partial charge in [-0.3, -0.25) is 14.5 Å². The number of aromatic nitrogens is 3. The van der Waals surface area contributed by atoms with E-state index in [1.165, 1.54) is 0 Å². The summed E-state index contributed by atoms with van der Waals surface area (Å²) in [6.45, 7) is 6.11. The topological polar surface area (TPSA) is 51.0 Å². The Labute approximate surface area is 131 Å². The zero-order valence-corrected chi connectivity index (χ0v) is 13.4. The maximum Gasteiger partial charge on any atom is 0.272 e. The van der Waals surface area contributed by atoms with Crippen LogP contribution in [0.5, 0.6) is 0 Å². The van der Waals surface area contributed by atoms with E-state index in [4.69, 9.17) is 0 Å². The van der Waals surface area contributed by atoms with Crippen molar-refractivity contribution in [1.29, 1.82) is 0 Å². The minimum absolute atomic E-state index is 0.0764. The van der Waals surface area contributed by atoms with E-state index in [-0.39, 0.29) is 11.3 Å². The van der Waals surface area contributed by atoms with Crippen molar-refractivity contribution in [2.24, 2.45) is 12.5 Å². The van der Waals surface area contributed by atoms with E-state index in [1.807, 2.05) is 30.1 Å². The number of likely N-dealkylation sites (tertiary alicyclic amines) is 1. The van der Waals surface area contributed by atoms with Gasteiger partial charge in [-0.25, -0.2) is 0 Å². The number of nitrogens with zero attached hydrogens (tertiary/aromatic N) is 4. The molecule has 2 aromatic heterocycles. The van der Waals surface area contributed by atoms with Crippen LogP contribution in [0.4, 0.5) is 0 Å². The molecule has 0 N–H and O–H groups in total. The summed E-state index contributed by atoms with van der Waals surface area (Å²) in [7, 11) is 1.83. The average Bonchev–Trinajstić information content (AvgIpc) is 3.12. The normalized spacial score (nSPS) is 21.3. The Hall–Kier alpha value is -2.17. The highest BCUT2D eigenvalue weighted by molar-refractivity contribution is 5.94. The molecule has 0 radical (unpaired) electrons. The van der Waals surface area contributed by atoms with Crippen LogP contribution in [0.2, 0.25) is 0 Å². The maximum absolute atomic E-state index is 12.8. The van der Waals surface area contributed by atoms with Crippen LogP contribution in [0, 0.1) is 5.41 Å². The van der Waals surface area contributed by atoms with E-state index in [1.54, 1.807) is 17.1 Å². The first-order valence-electron chi connectivity index (χ1n) is 7.76. The fourth-order valence-electron chi connectivity index (χ4n) is 2.98. The zero-order valence-electron chi connectivity index (χ0n) is 13.4. The monoisotopic (exact) mass is 298 g/mol. The summed E-state index contributed by atoms with van der Waals surface area (Å²) >= 11 is 0. The molecular weight excluding hydrogens is 276 g/mol. The van der Waals surface area contributed by atoms with Crippen LogP contribution in [0.3, 0.4) is 0 Å². The standard InChI is InChI=1S/C17H22N4O/c1-4-17(2)7-10-21(12-17)16(22)15-11-14(19-20(15)3)13-5-8-18-9-6-13/h5-6,8-9,11H,4,7,10,12H2,1-3H3. The van der Waals surface area contributed by atoms with Gasteiger partial charge in [-0.05, 0) is 36.5 Å². The van der Waals surface area contributed by atoms with Gasteiger partial charge in [0, 0.05) is 38.1 Å². The number of hydrogen-bond donors (Lipinski definition) is 0. The number of amides is 1. The van der Waals surface area contributed by atoms with Crippen LogP contribution in [0.25, 0.3) is 11.3 Å². The second-order valence-electron chi connectivity index (χ2n) is 6.42. The highest BCUT2D eigenvalue weighted by Gasteiger charge is 2.35. The molecular formula is C17H22N4O. The molecule has 0 spiro atoms. The first-order chi connectivity index (χ1) is 10.5. The summed E-state index contributed by atoms with van der Waals surface area (Å²) in [4.78, 5) is 18.7. The van der Waals surface area contributed by atoms with Gasteiger partial charge in [-0.2, -0.15) is 5.10 Å². The highest BCUT2D eigenvalue weighted by Crippen LogP contribution is 2.33. The van der Waals surface area contributed by atoms with Gasteiger partial charge < -0.3 is 4.90 Å². The zero-order chi connectivity index (χ0) is 15.7. The lowest BCUT2D eigenvalue weighted by atomic mass is 9.87. The molecule has 22 heavy (non-hydrogen) atoms. The number of pyridine rings is 1. The van der Waals surface area contributed by atoms with Crippen LogP contribution in [-0.4, -0.2) is 38.7 Å². The Balaban J connectivity index is 1.84. The van der Waals surface area contributed by atoms with Crippen molar-refractivity contribution >= 4 is 5.91 Å². The smallest absolute Gasteiger partial charge is 0.272 e. The molecule has 3 heterocycles. The number of aryl methyl sites for hydroxylation is 1. The lowest BCUT2D eigenvalue weighted by Gasteiger charge is -2.22. The lowest BCUT2D eigenvalue weighted by Crippen LogP contribution is -2.32. The first kappa shape index (κ1) is 14.8. The van der Waals surface area contributed by atoms with Gasteiger partial charge in [-0.15, -0.1) is 0 Å². The SMILES string of the molecule is CCC1(C)CCN(C(=O)c2cc(-c3ccncc3)nn2C)C1. The number of hydrogen-bond acceptors (Lipinski definition) is 3. The van der Waals surface area contributed by atoms with E-state index in [2.05, 4.69) is 23.9 Å². The van der Waals surface area contributed by atoms with Crippen molar-refractivity contribution in [2.75, 3.05) is 13.1 Å². The Kier molecular flexibility index (Phi) is 3.72. The molecule has 1 saturated heterocycles. The molecule has 5 nitrogen and oxygen atoms in total. The van der Waals surface area contributed by atoms with Gasteiger partial charge in [0.25, 0.3) is 5.91 Å². The minimum atomic E-state index is 0.0764. The van der Waals surface area contributed by atoms with Crippen LogP contribution in [0.1, 0.15) is 37.2 Å². The summed E-state index contributed by atoms with van der Waals surface area (Å²) in [5.74, 6) is 0.0764. The molecule has 0 saturated carbocycles. The Morgan fingerprint density at radius 3 is 2.73 bits per heavy atom. The molecule has 3 rings (SSSR count). The number of carbonyl (C=O) groups excluding carboxylic acids is 1. The summed E-state index contributed by atoms with van der Waals surface area (Å²) in [6, 6.07) is 5.68. The molecule has 1 aliphatic heterocycles. The van der Waals surface area contributed by atoms with E-state index in [9.17, 15) is 4.79 Å². The molecule has 116 valence electrons. The van der Waals surface area contributed by atoms with Crippen LogP contribution < -0.4 is 0 Å². The van der Waals surface area contributed by atoms with Gasteiger partial charge in [0.2, 0.25) is 0 Å². The largest absolute Gasteiger partial charge is 0.337 e. The fourth-order valence-corrected chi connectivity index (χ4v) is 2.98. The molecule has 0 aromatic carbocycles. The van der Waals surface area contributed by atoms with Crippen molar-refractivity contribution in [3.63, 3.8) is 0 Å². The molecule has 5 heteroatoms. The molecule has 1 atom stereocenters. The Bertz CT molecular complexity index is 679. The predicted octanol–water partition coefficient (Wildman–Crippen LogP) is 2.74. The molecule has 0 aliphatic carbocycles. The number of rotatable bonds is 3. The van der Waals surface area contributed by atoms with E-state index < -0.39 is 0 Å². The van der Waals surface area contributed by atoms with Crippen molar-refractivity contribution in [1.82, 2.24) is 19.7 Å². The van der Waals surface area contributed by atoms with Crippen LogP contribution in [0.15, 0.2) is 30.6 Å². The highest BCUT2D eigenvalue weighted by atomic mass is 16.2. The third-order valence-electron chi connectivity index (χ3n) is 4.77. The Morgan fingerprint density at radius 1 is 1.36 bits per heavy atom. The maximum atomic E-state index is 12.8. The molecule has 2 aromatic rings. The summed E-state index contributed by atoms with van der Waals surface area (Å²) in [5, 5.41) is 4.47. The summed E-state index contributed by atoms with van der Waals surface area (Å²) < 4.78 is 1.68. The van der Waals surface area contributed by atoms with Gasteiger partial charge in [0.1, 0.15) is 5.69 Å². The van der Waals surface area contributed by atoms with Crippen molar-refractivity contribution in [3.8, 4) is 11.3 Å². The van der Waals surface area contributed by atoms with Crippen molar-refractivity contribution in [2.45, 2.75) is 26.7 Å². The van der Waals surface area contributed by atoms with E-state index >= 15 is 0 Å². The molecule has 0 bridgehead atoms. The van der Waals surface area contributed by atoms with E-state index in [0.29, 0.717) is 5.69 Å². The van der Waals surface area contributed by atoms with Gasteiger partial charge in [-0.1, -0.05) is 13.8 Å². The van der Waals surface area contributed by atoms with Crippen molar-refractivity contribution in [3.05, 3.63) is 36.3 Å². The summed E-state index contributed by atoms with van der Waals surface area (Å²) in [6.07, 6.45) is 5.64. The first-order valence-corrected chi connectivity index (χ1v) is 7.76. The molecule has 1 aliphatic rings. The van der Waals surface area contributed by atoms with Crippen LogP contribution >= 0.6 is 0 Å². The molecule has 1 amide bonds. The average molecular weight is 298 g/mol. The second kappa shape index (κ2) is 5.55. The fraction of sp³-hybridized carbons (Fsp3) is 0.471. The third kappa shape index (κ3) is 2.63. The lowest BCUT2D eigenvalue weighted by molar-refractivity contribution is 0.0764. The third-order valence-corrected chi connectivity index (χ3v) is 4.77. The molecule has 1 unspecified atom stereocenters. The van der Waals surface area contributed by atoms with Crippen molar-refractivity contribution < 1.29 is 4.79 Å². The van der Waals surface area contributed by atoms with Gasteiger partial charge in [0.05, 0.1) is 5.69 Å². The second-order valence-corrected chi connectivity index (χ2v) is 6.42. The summed E-state index contributed by atoms with van der Waals surface area (Å²) in [5.41, 5.74) is 2.68. The van der Waals surface area contributed by atoms with Crippen LogP contribution in [-0.2, 0) is 7.05 Å². The predicted molar refractivity (Wildman–Crippen MR) is 85.4 cm³/mol. The van der Waals surface area contributed by atoms with E-state index in [0.717, 1.165) is 37.2 Å².